The van der Waals surface area contributed by atoms with Crippen molar-refractivity contribution in [2.24, 2.45) is 0 Å². The van der Waals surface area contributed by atoms with Crippen LogP contribution in [0, 0.1) is 6.92 Å². The normalized spacial score (nSPS) is 27.7. The largest absolute Gasteiger partial charge is 0.349 e. The number of carbonyl (C=O) groups is 1. The Hall–Kier alpha value is -1.35. The first-order valence-electron chi connectivity index (χ1n) is 9.30. The minimum atomic E-state index is 0.0961. The molecular weight excluding hydrogens is 284 g/mol. The lowest BCUT2D eigenvalue weighted by Gasteiger charge is -2.49. The van der Waals surface area contributed by atoms with Crippen LogP contribution in [-0.4, -0.2) is 35.5 Å². The topological polar surface area (TPSA) is 32.3 Å². The van der Waals surface area contributed by atoms with E-state index in [4.69, 9.17) is 0 Å². The van der Waals surface area contributed by atoms with Crippen LogP contribution in [0.3, 0.4) is 0 Å². The molecule has 0 aliphatic carbocycles. The number of nitrogens with zero attached hydrogens (tertiary/aromatic N) is 1. The van der Waals surface area contributed by atoms with Crippen LogP contribution >= 0.6 is 0 Å². The van der Waals surface area contributed by atoms with Crippen molar-refractivity contribution in [1.82, 2.24) is 10.2 Å². The third-order valence-electron chi connectivity index (χ3n) is 5.51. The summed E-state index contributed by atoms with van der Waals surface area (Å²) < 4.78 is 0. The van der Waals surface area contributed by atoms with Crippen molar-refractivity contribution in [2.75, 3.05) is 6.54 Å². The lowest BCUT2D eigenvalue weighted by Crippen LogP contribution is -2.57. The van der Waals surface area contributed by atoms with Gasteiger partial charge in [0, 0.05) is 23.7 Å². The second-order valence-corrected chi connectivity index (χ2v) is 7.34. The third-order valence-corrected chi connectivity index (χ3v) is 5.51. The van der Waals surface area contributed by atoms with Crippen molar-refractivity contribution >= 4 is 5.91 Å². The molecule has 1 unspecified atom stereocenters. The quantitative estimate of drug-likeness (QED) is 0.893. The maximum absolute atomic E-state index is 12.5. The first-order valence-corrected chi connectivity index (χ1v) is 9.30. The minimum Gasteiger partial charge on any atom is -0.349 e. The molecule has 2 bridgehead atoms. The first-order chi connectivity index (χ1) is 11.2. The number of fused-ring (bicyclic) bond motifs is 2. The standard InChI is InChI=1S/C20H30N2O/c1-3-4-11-22-18-9-6-10-19(22)14-17(13-18)21-20(23)16-8-5-7-15(2)12-16/h5,7-8,12,17-19H,3-4,6,9-11,13-14H2,1-2H3,(H,21,23)/t17?,18-,19+. The van der Waals surface area contributed by atoms with Crippen LogP contribution in [0.25, 0.3) is 0 Å². The van der Waals surface area contributed by atoms with E-state index in [-0.39, 0.29) is 5.91 Å². The molecule has 2 aliphatic rings. The summed E-state index contributed by atoms with van der Waals surface area (Å²) >= 11 is 0. The number of piperidine rings is 2. The van der Waals surface area contributed by atoms with Gasteiger partial charge in [-0.15, -0.1) is 0 Å². The molecule has 0 saturated carbocycles. The SMILES string of the molecule is CCCCN1[C@@H]2CCC[C@H]1CC(NC(=O)c1cccc(C)c1)C2. The molecule has 1 aromatic carbocycles. The fourth-order valence-electron chi connectivity index (χ4n) is 4.36. The minimum absolute atomic E-state index is 0.0961. The number of unbranched alkanes of at least 4 members (excludes halogenated alkanes) is 1. The summed E-state index contributed by atoms with van der Waals surface area (Å²) in [4.78, 5) is 15.3. The lowest BCUT2D eigenvalue weighted by molar-refractivity contribution is 0.0234. The van der Waals surface area contributed by atoms with Gasteiger partial charge in [-0.05, 0) is 57.7 Å². The van der Waals surface area contributed by atoms with E-state index in [1.807, 2.05) is 31.2 Å². The predicted octanol–water partition coefficient (Wildman–Crippen LogP) is 3.91. The van der Waals surface area contributed by atoms with E-state index >= 15 is 0 Å². The van der Waals surface area contributed by atoms with Crippen LogP contribution in [0.1, 0.15) is 67.8 Å². The van der Waals surface area contributed by atoms with Crippen molar-refractivity contribution in [3.63, 3.8) is 0 Å². The van der Waals surface area contributed by atoms with Gasteiger partial charge in [-0.25, -0.2) is 0 Å². The van der Waals surface area contributed by atoms with Crippen LogP contribution in [0.5, 0.6) is 0 Å². The average Bonchev–Trinajstić information content (AvgIpc) is 2.52. The highest BCUT2D eigenvalue weighted by Gasteiger charge is 2.38. The first kappa shape index (κ1) is 16.5. The van der Waals surface area contributed by atoms with Gasteiger partial charge in [0.25, 0.3) is 5.91 Å². The van der Waals surface area contributed by atoms with Gasteiger partial charge in [0.15, 0.2) is 0 Å². The zero-order valence-electron chi connectivity index (χ0n) is 14.6. The highest BCUT2D eigenvalue weighted by atomic mass is 16.1. The summed E-state index contributed by atoms with van der Waals surface area (Å²) in [7, 11) is 0. The molecule has 0 spiro atoms. The number of hydrogen-bond donors (Lipinski definition) is 1. The van der Waals surface area contributed by atoms with E-state index in [0.29, 0.717) is 18.1 Å². The molecule has 1 aromatic rings. The van der Waals surface area contributed by atoms with Gasteiger partial charge >= 0.3 is 0 Å². The molecule has 1 N–H and O–H groups in total. The number of hydrogen-bond acceptors (Lipinski definition) is 2. The number of aryl methyl sites for hydroxylation is 1. The van der Waals surface area contributed by atoms with Gasteiger partial charge in [0.2, 0.25) is 0 Å². The Morgan fingerprint density at radius 1 is 1.26 bits per heavy atom. The number of rotatable bonds is 5. The van der Waals surface area contributed by atoms with E-state index in [1.54, 1.807) is 0 Å². The second-order valence-electron chi connectivity index (χ2n) is 7.34. The Labute approximate surface area is 140 Å². The fourth-order valence-corrected chi connectivity index (χ4v) is 4.36. The van der Waals surface area contributed by atoms with E-state index in [2.05, 4.69) is 17.1 Å². The molecule has 2 fully saturated rings. The molecule has 3 heteroatoms. The van der Waals surface area contributed by atoms with Gasteiger partial charge < -0.3 is 5.32 Å². The molecule has 2 heterocycles. The molecule has 2 aliphatic heterocycles. The summed E-state index contributed by atoms with van der Waals surface area (Å²) in [6.07, 6.45) is 8.77. The number of amides is 1. The Morgan fingerprint density at radius 2 is 2.00 bits per heavy atom. The van der Waals surface area contributed by atoms with Crippen molar-refractivity contribution in [2.45, 2.75) is 76.9 Å². The Bertz CT molecular complexity index is 528. The molecule has 126 valence electrons. The van der Waals surface area contributed by atoms with Crippen LogP contribution in [0.4, 0.5) is 0 Å². The van der Waals surface area contributed by atoms with E-state index < -0.39 is 0 Å². The van der Waals surface area contributed by atoms with Gasteiger partial charge in [0.1, 0.15) is 0 Å². The number of benzene rings is 1. The fraction of sp³-hybridized carbons (Fsp3) is 0.650. The van der Waals surface area contributed by atoms with Crippen molar-refractivity contribution < 1.29 is 4.79 Å². The Morgan fingerprint density at radius 3 is 2.65 bits per heavy atom. The van der Waals surface area contributed by atoms with Gasteiger partial charge in [-0.1, -0.05) is 37.5 Å². The highest BCUT2D eigenvalue weighted by molar-refractivity contribution is 5.94. The Balaban J connectivity index is 1.61. The summed E-state index contributed by atoms with van der Waals surface area (Å²) in [5.74, 6) is 0.0961. The monoisotopic (exact) mass is 314 g/mol. The van der Waals surface area contributed by atoms with Crippen molar-refractivity contribution in [3.8, 4) is 0 Å². The van der Waals surface area contributed by atoms with Gasteiger partial charge in [0.05, 0.1) is 0 Å². The zero-order chi connectivity index (χ0) is 16.2. The molecule has 0 radical (unpaired) electrons. The van der Waals surface area contributed by atoms with Crippen LogP contribution in [0.2, 0.25) is 0 Å². The maximum atomic E-state index is 12.5. The molecule has 1 amide bonds. The van der Waals surface area contributed by atoms with Crippen LogP contribution < -0.4 is 5.32 Å². The summed E-state index contributed by atoms with van der Waals surface area (Å²) in [5, 5.41) is 3.30. The lowest BCUT2D eigenvalue weighted by atomic mass is 9.81. The molecule has 3 rings (SSSR count). The summed E-state index contributed by atoms with van der Waals surface area (Å²) in [5.41, 5.74) is 1.94. The van der Waals surface area contributed by atoms with E-state index in [0.717, 1.165) is 24.0 Å². The molecule has 0 aromatic heterocycles. The van der Waals surface area contributed by atoms with Gasteiger partial charge in [-0.2, -0.15) is 0 Å². The van der Waals surface area contributed by atoms with E-state index in [1.165, 1.54) is 38.6 Å². The number of carbonyl (C=O) groups excluding carboxylic acids is 1. The highest BCUT2D eigenvalue weighted by Crippen LogP contribution is 2.34. The Kier molecular flexibility index (Phi) is 5.37. The number of nitrogens with one attached hydrogen (secondary N) is 1. The van der Waals surface area contributed by atoms with Crippen LogP contribution in [0.15, 0.2) is 24.3 Å². The second kappa shape index (κ2) is 7.48. The molecular formula is C20H30N2O. The van der Waals surface area contributed by atoms with Crippen molar-refractivity contribution in [1.29, 1.82) is 0 Å². The molecule has 23 heavy (non-hydrogen) atoms. The smallest absolute Gasteiger partial charge is 0.251 e. The molecule has 3 nitrogen and oxygen atoms in total. The summed E-state index contributed by atoms with van der Waals surface area (Å²) in [6, 6.07) is 9.59. The van der Waals surface area contributed by atoms with Crippen LogP contribution in [-0.2, 0) is 0 Å². The summed E-state index contributed by atoms with van der Waals surface area (Å²) in [6.45, 7) is 5.54. The average molecular weight is 314 g/mol. The molecule has 2 saturated heterocycles. The zero-order valence-corrected chi connectivity index (χ0v) is 14.6. The van der Waals surface area contributed by atoms with E-state index in [9.17, 15) is 4.79 Å². The maximum Gasteiger partial charge on any atom is 0.251 e. The third kappa shape index (κ3) is 3.95. The van der Waals surface area contributed by atoms with Gasteiger partial charge in [-0.3, -0.25) is 9.69 Å². The van der Waals surface area contributed by atoms with Crippen molar-refractivity contribution in [3.05, 3.63) is 35.4 Å². The predicted molar refractivity (Wildman–Crippen MR) is 94.7 cm³/mol. The molecule has 3 atom stereocenters.